The highest BCUT2D eigenvalue weighted by Crippen LogP contribution is 2.20. The van der Waals surface area contributed by atoms with Gasteiger partial charge in [-0.2, -0.15) is 0 Å². The van der Waals surface area contributed by atoms with Crippen molar-refractivity contribution in [2.75, 3.05) is 13.6 Å². The van der Waals surface area contributed by atoms with E-state index in [1.807, 2.05) is 13.2 Å². The molecule has 0 amide bonds. The third-order valence-corrected chi connectivity index (χ3v) is 2.25. The zero-order valence-electron chi connectivity index (χ0n) is 8.04. The van der Waals surface area contributed by atoms with Crippen molar-refractivity contribution >= 4 is 11.0 Å². The molecule has 0 atom stereocenters. The topological polar surface area (TPSA) is 60.9 Å². The molecule has 0 fully saturated rings. The molecule has 14 heavy (non-hydrogen) atoms. The molecule has 0 bridgehead atoms. The maximum Gasteiger partial charge on any atom is 0.137 e. The largest absolute Gasteiger partial charge is 0.506 e. The van der Waals surface area contributed by atoms with Crippen molar-refractivity contribution in [1.82, 2.24) is 15.3 Å². The van der Waals surface area contributed by atoms with E-state index in [4.69, 9.17) is 0 Å². The summed E-state index contributed by atoms with van der Waals surface area (Å²) < 4.78 is 0. The summed E-state index contributed by atoms with van der Waals surface area (Å²) in [7, 11) is 1.92. The van der Waals surface area contributed by atoms with Gasteiger partial charge in [-0.25, -0.2) is 4.98 Å². The van der Waals surface area contributed by atoms with Crippen LogP contribution in [0.2, 0.25) is 0 Å². The van der Waals surface area contributed by atoms with Crippen molar-refractivity contribution in [3.63, 3.8) is 0 Å². The van der Waals surface area contributed by atoms with Gasteiger partial charge in [-0.05, 0) is 31.6 Å². The summed E-state index contributed by atoms with van der Waals surface area (Å²) in [6.45, 7) is 0.919. The Labute approximate surface area is 82.0 Å². The van der Waals surface area contributed by atoms with Crippen LogP contribution in [0.4, 0.5) is 0 Å². The Bertz CT molecular complexity index is 436. The number of hydrogen-bond acceptors (Lipinski definition) is 3. The van der Waals surface area contributed by atoms with Crippen molar-refractivity contribution in [1.29, 1.82) is 0 Å². The zero-order valence-corrected chi connectivity index (χ0v) is 8.04. The lowest BCUT2D eigenvalue weighted by Gasteiger charge is -1.98. The van der Waals surface area contributed by atoms with Gasteiger partial charge in [0, 0.05) is 11.6 Å². The van der Waals surface area contributed by atoms with Gasteiger partial charge in [0.25, 0.3) is 0 Å². The average Bonchev–Trinajstić information content (AvgIpc) is 2.57. The quantitative estimate of drug-likeness (QED) is 0.679. The Kier molecular flexibility index (Phi) is 2.37. The Hall–Kier alpha value is -1.55. The molecular formula is C10H13N3O. The van der Waals surface area contributed by atoms with E-state index in [1.54, 1.807) is 6.07 Å². The SMILES string of the molecule is CNCCc1c[nH]c2ncc(O)cc12. The number of pyridine rings is 1. The number of nitrogens with one attached hydrogen (secondary N) is 2. The second kappa shape index (κ2) is 3.67. The predicted octanol–water partition coefficient (Wildman–Crippen LogP) is 1.03. The van der Waals surface area contributed by atoms with Gasteiger partial charge >= 0.3 is 0 Å². The molecule has 0 aliphatic carbocycles. The minimum Gasteiger partial charge on any atom is -0.506 e. The molecule has 74 valence electrons. The lowest BCUT2D eigenvalue weighted by Crippen LogP contribution is -2.09. The number of hydrogen-bond donors (Lipinski definition) is 3. The molecule has 0 aliphatic heterocycles. The number of aromatic hydroxyl groups is 1. The van der Waals surface area contributed by atoms with E-state index >= 15 is 0 Å². The molecule has 2 heterocycles. The summed E-state index contributed by atoms with van der Waals surface area (Å²) in [5.74, 6) is 0.211. The van der Waals surface area contributed by atoms with Crippen LogP contribution >= 0.6 is 0 Å². The summed E-state index contributed by atoms with van der Waals surface area (Å²) in [5.41, 5.74) is 2.01. The van der Waals surface area contributed by atoms with Crippen molar-refractivity contribution in [2.24, 2.45) is 0 Å². The second-order valence-electron chi connectivity index (χ2n) is 3.26. The fourth-order valence-corrected chi connectivity index (χ4v) is 1.51. The monoisotopic (exact) mass is 191 g/mol. The van der Waals surface area contributed by atoms with Crippen LogP contribution in [0.15, 0.2) is 18.5 Å². The van der Waals surface area contributed by atoms with E-state index in [-0.39, 0.29) is 5.75 Å². The number of fused-ring (bicyclic) bond motifs is 1. The number of aromatic amines is 1. The zero-order chi connectivity index (χ0) is 9.97. The van der Waals surface area contributed by atoms with Crippen LogP contribution in [-0.4, -0.2) is 28.7 Å². The van der Waals surface area contributed by atoms with Gasteiger partial charge in [0.15, 0.2) is 0 Å². The molecule has 0 saturated carbocycles. The van der Waals surface area contributed by atoms with Crippen LogP contribution in [0.3, 0.4) is 0 Å². The maximum absolute atomic E-state index is 9.31. The number of likely N-dealkylation sites (N-methyl/N-ethyl adjacent to an activating group) is 1. The smallest absolute Gasteiger partial charge is 0.137 e. The molecule has 0 radical (unpaired) electrons. The highest BCUT2D eigenvalue weighted by molar-refractivity contribution is 5.80. The lowest BCUT2D eigenvalue weighted by molar-refractivity contribution is 0.474. The molecule has 2 aromatic heterocycles. The molecule has 0 spiro atoms. The predicted molar refractivity (Wildman–Crippen MR) is 55.4 cm³/mol. The molecule has 0 aliphatic rings. The maximum atomic E-state index is 9.31. The van der Waals surface area contributed by atoms with Crippen LogP contribution < -0.4 is 5.32 Å². The van der Waals surface area contributed by atoms with Crippen LogP contribution in [-0.2, 0) is 6.42 Å². The molecule has 3 N–H and O–H groups in total. The second-order valence-corrected chi connectivity index (χ2v) is 3.26. The molecule has 2 rings (SSSR count). The van der Waals surface area contributed by atoms with Gasteiger partial charge in [-0.15, -0.1) is 0 Å². The third-order valence-electron chi connectivity index (χ3n) is 2.25. The fraction of sp³-hybridized carbons (Fsp3) is 0.300. The molecule has 0 unspecified atom stereocenters. The lowest BCUT2D eigenvalue weighted by atomic mass is 10.1. The van der Waals surface area contributed by atoms with E-state index in [2.05, 4.69) is 15.3 Å². The standard InChI is InChI=1S/C10H13N3O/c1-11-3-2-7-5-12-10-9(7)4-8(14)6-13-10/h4-6,11,14H,2-3H2,1H3,(H,12,13). The minimum atomic E-state index is 0.211. The van der Waals surface area contributed by atoms with E-state index in [0.717, 1.165) is 24.0 Å². The number of aromatic nitrogens is 2. The van der Waals surface area contributed by atoms with Gasteiger partial charge in [-0.1, -0.05) is 0 Å². The third kappa shape index (κ3) is 1.56. The summed E-state index contributed by atoms with van der Waals surface area (Å²) in [5, 5.41) is 13.4. The van der Waals surface area contributed by atoms with Crippen molar-refractivity contribution < 1.29 is 5.11 Å². The first-order valence-corrected chi connectivity index (χ1v) is 4.61. The normalized spacial score (nSPS) is 10.9. The van der Waals surface area contributed by atoms with E-state index in [0.29, 0.717) is 0 Å². The Morgan fingerprint density at radius 1 is 1.57 bits per heavy atom. The summed E-state index contributed by atoms with van der Waals surface area (Å²) in [6.07, 6.45) is 4.32. The van der Waals surface area contributed by atoms with Gasteiger partial charge in [0.1, 0.15) is 11.4 Å². The number of rotatable bonds is 3. The molecule has 4 heteroatoms. The summed E-state index contributed by atoms with van der Waals surface area (Å²) >= 11 is 0. The summed E-state index contributed by atoms with van der Waals surface area (Å²) in [4.78, 5) is 7.16. The highest BCUT2D eigenvalue weighted by atomic mass is 16.3. The van der Waals surface area contributed by atoms with Crippen LogP contribution in [0.25, 0.3) is 11.0 Å². The minimum absolute atomic E-state index is 0.211. The van der Waals surface area contributed by atoms with Gasteiger partial charge in [0.05, 0.1) is 6.20 Å². The average molecular weight is 191 g/mol. The molecule has 0 aromatic carbocycles. The van der Waals surface area contributed by atoms with Crippen molar-refractivity contribution in [2.45, 2.75) is 6.42 Å². The number of nitrogens with zero attached hydrogens (tertiary/aromatic N) is 1. The van der Waals surface area contributed by atoms with Gasteiger partial charge in [0.2, 0.25) is 0 Å². The molecule has 2 aromatic rings. The highest BCUT2D eigenvalue weighted by Gasteiger charge is 2.04. The van der Waals surface area contributed by atoms with Crippen LogP contribution in [0.1, 0.15) is 5.56 Å². The van der Waals surface area contributed by atoms with Gasteiger partial charge in [-0.3, -0.25) is 0 Å². The first-order valence-electron chi connectivity index (χ1n) is 4.61. The molecule has 4 nitrogen and oxygen atoms in total. The van der Waals surface area contributed by atoms with Crippen LogP contribution in [0, 0.1) is 0 Å². The Morgan fingerprint density at radius 3 is 3.21 bits per heavy atom. The first-order chi connectivity index (χ1) is 6.81. The summed E-state index contributed by atoms with van der Waals surface area (Å²) in [6, 6.07) is 1.74. The fourth-order valence-electron chi connectivity index (χ4n) is 1.51. The Balaban J connectivity index is 2.40. The van der Waals surface area contributed by atoms with Crippen molar-refractivity contribution in [3.05, 3.63) is 24.0 Å². The van der Waals surface area contributed by atoms with E-state index < -0.39 is 0 Å². The molecular weight excluding hydrogens is 178 g/mol. The van der Waals surface area contributed by atoms with E-state index in [9.17, 15) is 5.11 Å². The molecule has 0 saturated heterocycles. The Morgan fingerprint density at radius 2 is 2.43 bits per heavy atom. The number of H-pyrrole nitrogens is 1. The van der Waals surface area contributed by atoms with E-state index in [1.165, 1.54) is 11.8 Å². The van der Waals surface area contributed by atoms with Crippen molar-refractivity contribution in [3.8, 4) is 5.75 Å². The first kappa shape index (κ1) is 9.02. The van der Waals surface area contributed by atoms with Crippen LogP contribution in [0.5, 0.6) is 5.75 Å². The van der Waals surface area contributed by atoms with Gasteiger partial charge < -0.3 is 15.4 Å².